The molecule has 0 amide bonds. The van der Waals surface area contributed by atoms with Gasteiger partial charge in [0.25, 0.3) is 0 Å². The van der Waals surface area contributed by atoms with Crippen LogP contribution in [-0.4, -0.2) is 0 Å². The van der Waals surface area contributed by atoms with Gasteiger partial charge in [-0.25, -0.2) is 22.0 Å². The summed E-state index contributed by atoms with van der Waals surface area (Å²) in [5, 5.41) is 0. The lowest BCUT2D eigenvalue weighted by atomic mass is 10.1. The Kier molecular flexibility index (Phi) is 7.22. The molecule has 0 aliphatic rings. The number of hydrogen-bond acceptors (Lipinski definition) is 4. The van der Waals surface area contributed by atoms with Crippen LogP contribution < -0.4 is 20.9 Å². The molecule has 4 nitrogen and oxygen atoms in total. The molecule has 0 aliphatic heterocycles. The van der Waals surface area contributed by atoms with Crippen molar-refractivity contribution < 1.29 is 70.9 Å². The fourth-order valence-electron chi connectivity index (χ4n) is 3.07. The molecule has 3 rings (SSSR count). The fraction of sp³-hybridized carbons (Fsp3) is 0.143. The van der Waals surface area contributed by atoms with E-state index < -0.39 is 105 Å². The van der Waals surface area contributed by atoms with Gasteiger partial charge in [0, 0.05) is 18.2 Å². The minimum atomic E-state index is -5.76. The summed E-state index contributed by atoms with van der Waals surface area (Å²) in [6.07, 6.45) is -17.1. The molecule has 0 bridgehead atoms. The van der Waals surface area contributed by atoms with Gasteiger partial charge in [-0.15, -0.1) is 0 Å². The first-order chi connectivity index (χ1) is 17.6. The van der Waals surface area contributed by atoms with Crippen LogP contribution in [0.25, 0.3) is 0 Å². The predicted molar refractivity (Wildman–Crippen MR) is 103 cm³/mol. The standard InChI is InChI=1S/C21H8F14N2O2/c22-6-1-5(19(27,28)29)9(38-11-2-7(36)15(23)13(17(11)25)20(30,31)32)4-10(6)39-12-3-8(37)16(24)14(18(12)26)21(33,34)35/h1-4H,36-37H2. The van der Waals surface area contributed by atoms with Crippen LogP contribution in [0.4, 0.5) is 72.8 Å². The number of ether oxygens (including phenoxy) is 2. The number of halogens is 14. The number of benzene rings is 3. The molecule has 0 atom stereocenters. The van der Waals surface area contributed by atoms with Gasteiger partial charge in [0.05, 0.1) is 11.4 Å². The maximum atomic E-state index is 14.4. The molecule has 0 fully saturated rings. The van der Waals surface area contributed by atoms with Crippen LogP contribution in [0, 0.1) is 29.1 Å². The number of nitrogens with two attached hydrogens (primary N) is 2. The van der Waals surface area contributed by atoms with E-state index in [-0.39, 0.29) is 18.2 Å². The molecule has 4 N–H and O–H groups in total. The van der Waals surface area contributed by atoms with Crippen molar-refractivity contribution in [2.45, 2.75) is 18.5 Å². The highest BCUT2D eigenvalue weighted by Crippen LogP contribution is 2.46. The second-order valence-electron chi connectivity index (χ2n) is 7.41. The molecule has 39 heavy (non-hydrogen) atoms. The first kappa shape index (κ1) is 29.4. The van der Waals surface area contributed by atoms with E-state index in [2.05, 4.69) is 9.47 Å². The third-order valence-corrected chi connectivity index (χ3v) is 4.74. The summed E-state index contributed by atoms with van der Waals surface area (Å²) in [7, 11) is 0. The normalized spacial score (nSPS) is 12.6. The van der Waals surface area contributed by atoms with Gasteiger partial charge in [-0.1, -0.05) is 0 Å². The summed E-state index contributed by atoms with van der Waals surface area (Å²) < 4.78 is 198. The number of hydrogen-bond donors (Lipinski definition) is 2. The van der Waals surface area contributed by atoms with E-state index in [0.29, 0.717) is 0 Å². The topological polar surface area (TPSA) is 70.5 Å². The van der Waals surface area contributed by atoms with Gasteiger partial charge in [0.1, 0.15) is 22.4 Å². The summed E-state index contributed by atoms with van der Waals surface area (Å²) >= 11 is 0. The maximum absolute atomic E-state index is 14.4. The number of rotatable bonds is 4. The smallest absolute Gasteiger partial charge is 0.422 e. The Labute approximate surface area is 206 Å². The molecule has 0 saturated carbocycles. The molecule has 0 unspecified atom stereocenters. The first-order valence-corrected chi connectivity index (χ1v) is 9.60. The van der Waals surface area contributed by atoms with Gasteiger partial charge in [0.2, 0.25) is 0 Å². The SMILES string of the molecule is Nc1cc(Oc2cc(Oc3cc(N)c(F)c(C(F)(F)F)c3F)c(C(F)(F)F)cc2F)c(F)c(C(F)(F)F)c1F. The van der Waals surface area contributed by atoms with Crippen LogP contribution in [0.3, 0.4) is 0 Å². The monoisotopic (exact) mass is 586 g/mol. The van der Waals surface area contributed by atoms with Crippen LogP contribution in [0.15, 0.2) is 24.3 Å². The lowest BCUT2D eigenvalue weighted by Crippen LogP contribution is -2.15. The molecular weight excluding hydrogens is 578 g/mol. The van der Waals surface area contributed by atoms with E-state index in [4.69, 9.17) is 11.5 Å². The number of anilines is 2. The first-order valence-electron chi connectivity index (χ1n) is 9.60. The Morgan fingerprint density at radius 1 is 0.462 bits per heavy atom. The molecule has 0 radical (unpaired) electrons. The van der Waals surface area contributed by atoms with Gasteiger partial charge in [-0.2, -0.15) is 39.5 Å². The van der Waals surface area contributed by atoms with Crippen LogP contribution in [0.5, 0.6) is 23.0 Å². The second kappa shape index (κ2) is 9.57. The number of alkyl halides is 9. The quantitative estimate of drug-likeness (QED) is 0.239. The van der Waals surface area contributed by atoms with Crippen molar-refractivity contribution in [1.82, 2.24) is 0 Å². The summed E-state index contributed by atoms with van der Waals surface area (Å²) in [5.41, 5.74) is -0.198. The Hall–Kier alpha value is -4.12. The molecule has 212 valence electrons. The lowest BCUT2D eigenvalue weighted by Gasteiger charge is -2.19. The Morgan fingerprint density at radius 3 is 1.21 bits per heavy atom. The van der Waals surface area contributed by atoms with Gasteiger partial charge >= 0.3 is 18.5 Å². The third kappa shape index (κ3) is 5.68. The highest BCUT2D eigenvalue weighted by Gasteiger charge is 2.43. The van der Waals surface area contributed by atoms with E-state index in [9.17, 15) is 61.5 Å². The molecule has 0 spiro atoms. The van der Waals surface area contributed by atoms with Crippen LogP contribution in [-0.2, 0) is 18.5 Å². The van der Waals surface area contributed by atoms with Crippen molar-refractivity contribution in [3.63, 3.8) is 0 Å². The molecular formula is C21H8F14N2O2. The molecule has 0 aromatic heterocycles. The average Bonchev–Trinajstić information content (AvgIpc) is 2.75. The average molecular weight is 586 g/mol. The Morgan fingerprint density at radius 2 is 0.846 bits per heavy atom. The fourth-order valence-corrected chi connectivity index (χ4v) is 3.07. The van der Waals surface area contributed by atoms with Gasteiger partial charge in [0.15, 0.2) is 46.3 Å². The minimum Gasteiger partial charge on any atom is -0.453 e. The van der Waals surface area contributed by atoms with Crippen LogP contribution in [0.2, 0.25) is 0 Å². The molecule has 3 aromatic carbocycles. The predicted octanol–water partition coefficient (Wildman–Crippen LogP) is 8.19. The van der Waals surface area contributed by atoms with Gasteiger partial charge < -0.3 is 20.9 Å². The molecule has 18 heteroatoms. The van der Waals surface area contributed by atoms with Crippen molar-refractivity contribution in [2.24, 2.45) is 0 Å². The van der Waals surface area contributed by atoms with E-state index in [1.807, 2.05) is 0 Å². The Bertz CT molecular complexity index is 1450. The Balaban J connectivity index is 2.21. The zero-order valence-corrected chi connectivity index (χ0v) is 18.1. The summed E-state index contributed by atoms with van der Waals surface area (Å²) in [6.45, 7) is 0. The van der Waals surface area contributed by atoms with Crippen LogP contribution in [0.1, 0.15) is 16.7 Å². The van der Waals surface area contributed by atoms with E-state index in [1.165, 1.54) is 0 Å². The second-order valence-corrected chi connectivity index (χ2v) is 7.41. The lowest BCUT2D eigenvalue weighted by molar-refractivity contribution is -0.143. The van der Waals surface area contributed by atoms with Crippen molar-refractivity contribution in [1.29, 1.82) is 0 Å². The van der Waals surface area contributed by atoms with Crippen molar-refractivity contribution in [3.05, 3.63) is 70.0 Å². The summed E-state index contributed by atoms with van der Waals surface area (Å²) in [6, 6.07) is -0.514. The third-order valence-electron chi connectivity index (χ3n) is 4.74. The van der Waals surface area contributed by atoms with E-state index in [1.54, 1.807) is 0 Å². The van der Waals surface area contributed by atoms with Gasteiger partial charge in [-0.05, 0) is 6.07 Å². The molecule has 0 heterocycles. The van der Waals surface area contributed by atoms with Crippen LogP contribution >= 0.6 is 0 Å². The molecule has 3 aromatic rings. The largest absolute Gasteiger partial charge is 0.453 e. The zero-order valence-electron chi connectivity index (χ0n) is 18.1. The number of nitrogen functional groups attached to an aromatic ring is 2. The van der Waals surface area contributed by atoms with Crippen molar-refractivity contribution in [3.8, 4) is 23.0 Å². The maximum Gasteiger partial charge on any atom is 0.422 e. The summed E-state index contributed by atoms with van der Waals surface area (Å²) in [5.74, 6) is -18.5. The minimum absolute atomic E-state index is 0.0138. The van der Waals surface area contributed by atoms with Gasteiger partial charge in [-0.3, -0.25) is 0 Å². The molecule has 0 saturated heterocycles. The summed E-state index contributed by atoms with van der Waals surface area (Å²) in [4.78, 5) is 0. The molecule has 0 aliphatic carbocycles. The van der Waals surface area contributed by atoms with Crippen molar-refractivity contribution >= 4 is 11.4 Å². The van der Waals surface area contributed by atoms with E-state index in [0.717, 1.165) is 0 Å². The van der Waals surface area contributed by atoms with E-state index >= 15 is 0 Å². The zero-order chi connectivity index (χ0) is 29.8. The van der Waals surface area contributed by atoms with Crippen molar-refractivity contribution in [2.75, 3.05) is 11.5 Å². The highest BCUT2D eigenvalue weighted by atomic mass is 19.4. The highest BCUT2D eigenvalue weighted by molar-refractivity contribution is 5.55.